The van der Waals surface area contributed by atoms with Crippen LogP contribution in [0.4, 0.5) is 0 Å². The van der Waals surface area contributed by atoms with Gasteiger partial charge in [0.25, 0.3) is 0 Å². The third-order valence-corrected chi connectivity index (χ3v) is 13.1. The maximum absolute atomic E-state index is 12.8. The first-order chi connectivity index (χ1) is 33.5. The number of rotatable bonds is 54. The molecule has 1 atom stereocenters. The number of ether oxygens (including phenoxy) is 3. The van der Waals surface area contributed by atoms with Gasteiger partial charge in [0.15, 0.2) is 6.10 Å². The minimum atomic E-state index is -0.777. The number of carbonyl (C=O) groups is 3. The van der Waals surface area contributed by atoms with Gasteiger partial charge >= 0.3 is 17.9 Å². The number of hydrogen-bond acceptors (Lipinski definition) is 6. The van der Waals surface area contributed by atoms with E-state index in [0.717, 1.165) is 96.3 Å². The van der Waals surface area contributed by atoms with Gasteiger partial charge in [0.2, 0.25) is 0 Å². The van der Waals surface area contributed by atoms with Crippen LogP contribution in [0.15, 0.2) is 48.6 Å². The molecule has 0 aliphatic carbocycles. The Morgan fingerprint density at radius 1 is 0.309 bits per heavy atom. The molecule has 0 aromatic rings. The minimum absolute atomic E-state index is 0.0748. The Morgan fingerprint density at radius 2 is 0.574 bits per heavy atom. The maximum atomic E-state index is 12.8. The van der Waals surface area contributed by atoms with Gasteiger partial charge < -0.3 is 14.2 Å². The maximum Gasteiger partial charge on any atom is 0.306 e. The molecule has 0 aliphatic rings. The van der Waals surface area contributed by atoms with E-state index in [4.69, 9.17) is 14.2 Å². The van der Waals surface area contributed by atoms with Crippen LogP contribution >= 0.6 is 0 Å². The van der Waals surface area contributed by atoms with Crippen LogP contribution in [0, 0.1) is 0 Å². The molecule has 396 valence electrons. The van der Waals surface area contributed by atoms with E-state index in [2.05, 4.69) is 69.4 Å². The van der Waals surface area contributed by atoms with Crippen LogP contribution in [0.3, 0.4) is 0 Å². The van der Waals surface area contributed by atoms with Crippen molar-refractivity contribution >= 4 is 17.9 Å². The van der Waals surface area contributed by atoms with Gasteiger partial charge in [-0.3, -0.25) is 14.4 Å². The number of hydrogen-bond donors (Lipinski definition) is 0. The van der Waals surface area contributed by atoms with E-state index in [1.807, 2.05) is 0 Å². The highest BCUT2D eigenvalue weighted by Crippen LogP contribution is 2.17. The highest BCUT2D eigenvalue weighted by atomic mass is 16.6. The second-order valence-electron chi connectivity index (χ2n) is 19.9. The van der Waals surface area contributed by atoms with Crippen LogP contribution in [0.2, 0.25) is 0 Å². The molecular weight excluding hydrogens is 841 g/mol. The summed E-state index contributed by atoms with van der Waals surface area (Å²) in [7, 11) is 0. The number of esters is 3. The molecule has 0 saturated heterocycles. The summed E-state index contributed by atoms with van der Waals surface area (Å²) in [5.41, 5.74) is 0. The Hall–Kier alpha value is -2.63. The van der Waals surface area contributed by atoms with Crippen molar-refractivity contribution < 1.29 is 28.6 Å². The van der Waals surface area contributed by atoms with Crippen molar-refractivity contribution in [3.05, 3.63) is 48.6 Å². The molecule has 0 aromatic heterocycles. The second kappa shape index (κ2) is 57.0. The van der Waals surface area contributed by atoms with Crippen LogP contribution in [0.1, 0.15) is 310 Å². The monoisotopic (exact) mass is 953 g/mol. The van der Waals surface area contributed by atoms with Crippen molar-refractivity contribution in [2.45, 2.75) is 316 Å². The molecule has 0 radical (unpaired) electrons. The predicted molar refractivity (Wildman–Crippen MR) is 293 cm³/mol. The van der Waals surface area contributed by atoms with E-state index in [1.165, 1.54) is 173 Å². The fraction of sp³-hybridized carbons (Fsp3) is 0.823. The fourth-order valence-electron chi connectivity index (χ4n) is 8.67. The average molecular weight is 954 g/mol. The smallest absolute Gasteiger partial charge is 0.306 e. The van der Waals surface area contributed by atoms with Gasteiger partial charge in [-0.05, 0) is 57.8 Å². The zero-order chi connectivity index (χ0) is 49.3. The number of unbranched alkanes of at least 4 members (excludes halogenated alkanes) is 35. The van der Waals surface area contributed by atoms with Crippen LogP contribution in [0.25, 0.3) is 0 Å². The molecule has 0 amide bonds. The molecule has 1 unspecified atom stereocenters. The highest BCUT2D eigenvalue weighted by Gasteiger charge is 2.19. The van der Waals surface area contributed by atoms with Gasteiger partial charge in [0.05, 0.1) is 0 Å². The first-order valence-corrected chi connectivity index (χ1v) is 29.6. The van der Waals surface area contributed by atoms with Gasteiger partial charge in [-0.15, -0.1) is 0 Å². The van der Waals surface area contributed by atoms with Crippen molar-refractivity contribution in [1.29, 1.82) is 0 Å². The second-order valence-corrected chi connectivity index (χ2v) is 19.9. The highest BCUT2D eigenvalue weighted by molar-refractivity contribution is 5.71. The van der Waals surface area contributed by atoms with E-state index < -0.39 is 6.10 Å². The lowest BCUT2D eigenvalue weighted by Crippen LogP contribution is -2.30. The van der Waals surface area contributed by atoms with Crippen LogP contribution in [-0.4, -0.2) is 37.2 Å². The van der Waals surface area contributed by atoms with E-state index >= 15 is 0 Å². The minimum Gasteiger partial charge on any atom is -0.462 e. The summed E-state index contributed by atoms with van der Waals surface area (Å²) >= 11 is 0. The fourth-order valence-corrected chi connectivity index (χ4v) is 8.67. The summed E-state index contributed by atoms with van der Waals surface area (Å²) in [5.74, 6) is -0.874. The average Bonchev–Trinajstić information content (AvgIpc) is 3.34. The molecule has 0 aliphatic heterocycles. The van der Waals surface area contributed by atoms with E-state index in [1.54, 1.807) is 0 Å². The Morgan fingerprint density at radius 3 is 0.897 bits per heavy atom. The number of carbonyl (C=O) groups excluding carboxylic acids is 3. The Balaban J connectivity index is 4.27. The summed E-state index contributed by atoms with van der Waals surface area (Å²) in [6.07, 6.45) is 69.7. The summed E-state index contributed by atoms with van der Waals surface area (Å²) in [4.78, 5) is 38.1. The third kappa shape index (κ3) is 54.3. The molecular formula is C62H112O6. The Bertz CT molecular complexity index is 1190. The summed E-state index contributed by atoms with van der Waals surface area (Å²) in [5, 5.41) is 0. The van der Waals surface area contributed by atoms with E-state index in [9.17, 15) is 14.4 Å². The van der Waals surface area contributed by atoms with Gasteiger partial charge in [-0.25, -0.2) is 0 Å². The quantitative estimate of drug-likeness (QED) is 0.0262. The molecule has 0 rings (SSSR count). The molecule has 0 heterocycles. The largest absolute Gasteiger partial charge is 0.462 e. The van der Waals surface area contributed by atoms with Gasteiger partial charge in [-0.1, -0.05) is 281 Å². The lowest BCUT2D eigenvalue weighted by Gasteiger charge is -2.18. The Kier molecular flexibility index (Phi) is 54.8. The molecule has 68 heavy (non-hydrogen) atoms. The first-order valence-electron chi connectivity index (χ1n) is 29.6. The summed E-state index contributed by atoms with van der Waals surface area (Å²) < 4.78 is 16.9. The van der Waals surface area contributed by atoms with Crippen molar-refractivity contribution in [1.82, 2.24) is 0 Å². The zero-order valence-corrected chi connectivity index (χ0v) is 45.4. The van der Waals surface area contributed by atoms with Crippen LogP contribution in [-0.2, 0) is 28.6 Å². The molecule has 0 saturated carbocycles. The van der Waals surface area contributed by atoms with E-state index in [-0.39, 0.29) is 31.1 Å². The van der Waals surface area contributed by atoms with Crippen LogP contribution < -0.4 is 0 Å². The van der Waals surface area contributed by atoms with Crippen molar-refractivity contribution in [3.8, 4) is 0 Å². The van der Waals surface area contributed by atoms with Crippen molar-refractivity contribution in [3.63, 3.8) is 0 Å². The van der Waals surface area contributed by atoms with Crippen molar-refractivity contribution in [2.24, 2.45) is 0 Å². The molecule has 0 spiro atoms. The third-order valence-electron chi connectivity index (χ3n) is 13.1. The zero-order valence-electron chi connectivity index (χ0n) is 45.4. The normalized spacial score (nSPS) is 12.3. The van der Waals surface area contributed by atoms with Crippen LogP contribution in [0.5, 0.6) is 0 Å². The molecule has 0 fully saturated rings. The molecule has 0 N–H and O–H groups in total. The standard InChI is InChI=1S/C62H112O6/c1-4-7-10-13-16-19-22-24-26-28-30-31-33-34-36-38-40-43-46-49-52-55-61(64)67-58-59(57-66-60(63)54-51-48-45-42-21-18-15-12-9-6-3)68-62(65)56-53-50-47-44-41-39-37-35-32-29-27-25-23-20-17-14-11-8-5-2/h8,11,17,20,25,27,32,35,59H,4-7,9-10,12-16,18-19,21-24,26,28-31,33-34,36-58H2,1-3H3/b11-8-,20-17-,27-25-,35-32-. The topological polar surface area (TPSA) is 78.9 Å². The van der Waals surface area contributed by atoms with Gasteiger partial charge in [-0.2, -0.15) is 0 Å². The Labute approximate surface area is 422 Å². The number of allylic oxidation sites excluding steroid dienone is 8. The molecule has 0 aromatic carbocycles. The van der Waals surface area contributed by atoms with Crippen molar-refractivity contribution in [2.75, 3.05) is 13.2 Å². The molecule has 6 heteroatoms. The summed E-state index contributed by atoms with van der Waals surface area (Å²) in [6.45, 7) is 6.55. The predicted octanol–water partition coefficient (Wildman–Crippen LogP) is 19.8. The molecule has 6 nitrogen and oxygen atoms in total. The lowest BCUT2D eigenvalue weighted by molar-refractivity contribution is -0.167. The lowest BCUT2D eigenvalue weighted by atomic mass is 10.0. The first kappa shape index (κ1) is 65.4. The molecule has 0 bridgehead atoms. The summed E-state index contributed by atoms with van der Waals surface area (Å²) in [6, 6.07) is 0. The van der Waals surface area contributed by atoms with Gasteiger partial charge in [0, 0.05) is 19.3 Å². The van der Waals surface area contributed by atoms with E-state index in [0.29, 0.717) is 19.3 Å². The SMILES string of the molecule is CC/C=C\C/C=C\C/C=C\C/C=C\CCCCCCCCC(=O)OC(COC(=O)CCCCCCCCCCCC)COC(=O)CCCCCCCCCCCCCCCCCCCCCCC. The van der Waals surface area contributed by atoms with Gasteiger partial charge in [0.1, 0.15) is 13.2 Å².